The number of carbonyl (C=O) groups is 1. The van der Waals surface area contributed by atoms with Crippen LogP contribution in [0.3, 0.4) is 0 Å². The molecule has 0 radical (unpaired) electrons. The Balaban J connectivity index is 1.52. The van der Waals surface area contributed by atoms with Gasteiger partial charge in [-0.3, -0.25) is 4.79 Å². The summed E-state index contributed by atoms with van der Waals surface area (Å²) in [6, 6.07) is 14.2. The van der Waals surface area contributed by atoms with Crippen molar-refractivity contribution in [1.82, 2.24) is 5.43 Å². The predicted molar refractivity (Wildman–Crippen MR) is 85.9 cm³/mol. The third kappa shape index (κ3) is 3.94. The third-order valence-corrected chi connectivity index (χ3v) is 3.73. The van der Waals surface area contributed by atoms with Gasteiger partial charge in [0.1, 0.15) is 0 Å². The highest BCUT2D eigenvalue weighted by Crippen LogP contribution is 2.19. The van der Waals surface area contributed by atoms with Crippen LogP contribution in [0.2, 0.25) is 0 Å². The maximum Gasteiger partial charge on any atom is 0.277 e. The zero-order valence-electron chi connectivity index (χ0n) is 12.6. The molecule has 0 fully saturated rings. The van der Waals surface area contributed by atoms with Gasteiger partial charge in [0.25, 0.3) is 5.91 Å². The number of rotatable bonds is 4. The second-order valence-corrected chi connectivity index (χ2v) is 5.38. The van der Waals surface area contributed by atoms with E-state index in [1.54, 1.807) is 12.1 Å². The molecule has 1 N–H and O–H groups in total. The molecule has 0 heterocycles. The van der Waals surface area contributed by atoms with Gasteiger partial charge in [-0.25, -0.2) is 9.82 Å². The van der Waals surface area contributed by atoms with Crippen LogP contribution >= 0.6 is 0 Å². The minimum absolute atomic E-state index is 0.0573. The standard InChI is InChI=1S/C18H17FN2O2/c19-16-7-3-4-8-17(16)23-12-18(22)21-20-15-10-9-13-5-1-2-6-14(13)11-15/h1-8H,9-12H2,(H,21,22)/b20-15-. The number of halogens is 1. The number of hydrazone groups is 1. The van der Waals surface area contributed by atoms with Crippen LogP contribution in [0, 0.1) is 5.82 Å². The molecule has 0 aromatic heterocycles. The predicted octanol–water partition coefficient (Wildman–Crippen LogP) is 2.87. The highest BCUT2D eigenvalue weighted by Gasteiger charge is 2.14. The van der Waals surface area contributed by atoms with Gasteiger partial charge in [-0.2, -0.15) is 5.10 Å². The van der Waals surface area contributed by atoms with Gasteiger partial charge in [0.2, 0.25) is 0 Å². The normalized spacial score (nSPS) is 15.1. The van der Waals surface area contributed by atoms with Crippen molar-refractivity contribution in [2.24, 2.45) is 5.10 Å². The Labute approximate surface area is 134 Å². The summed E-state index contributed by atoms with van der Waals surface area (Å²) in [6.45, 7) is -0.270. The molecule has 0 atom stereocenters. The Hall–Kier alpha value is -2.69. The molecule has 0 spiro atoms. The van der Waals surface area contributed by atoms with E-state index in [4.69, 9.17) is 4.74 Å². The van der Waals surface area contributed by atoms with Gasteiger partial charge < -0.3 is 4.74 Å². The van der Waals surface area contributed by atoms with Gasteiger partial charge in [-0.05, 0) is 36.1 Å². The highest BCUT2D eigenvalue weighted by molar-refractivity contribution is 5.90. The number of hydrogen-bond acceptors (Lipinski definition) is 3. The number of nitrogens with one attached hydrogen (secondary N) is 1. The highest BCUT2D eigenvalue weighted by atomic mass is 19.1. The molecular weight excluding hydrogens is 295 g/mol. The van der Waals surface area contributed by atoms with Crippen molar-refractivity contribution in [3.63, 3.8) is 0 Å². The first-order chi connectivity index (χ1) is 11.2. The number of benzene rings is 2. The molecule has 4 nitrogen and oxygen atoms in total. The Morgan fingerprint density at radius 1 is 1.09 bits per heavy atom. The molecule has 1 aliphatic rings. The van der Waals surface area contributed by atoms with E-state index in [1.807, 2.05) is 12.1 Å². The van der Waals surface area contributed by atoms with Gasteiger partial charge in [0, 0.05) is 12.1 Å². The molecular formula is C18H17FN2O2. The first kappa shape index (κ1) is 15.2. The number of carbonyl (C=O) groups excluding carboxylic acids is 1. The van der Waals surface area contributed by atoms with Crippen LogP contribution in [0.4, 0.5) is 4.39 Å². The second kappa shape index (κ2) is 7.05. The number of fused-ring (bicyclic) bond motifs is 1. The summed E-state index contributed by atoms with van der Waals surface area (Å²) in [4.78, 5) is 11.8. The average molecular weight is 312 g/mol. The molecule has 3 rings (SSSR count). The molecule has 118 valence electrons. The van der Waals surface area contributed by atoms with E-state index in [9.17, 15) is 9.18 Å². The number of para-hydroxylation sites is 1. The molecule has 1 amide bonds. The number of aryl methyl sites for hydroxylation is 1. The first-order valence-corrected chi connectivity index (χ1v) is 7.51. The minimum Gasteiger partial charge on any atom is -0.481 e. The molecule has 2 aromatic carbocycles. The Morgan fingerprint density at radius 2 is 1.83 bits per heavy atom. The lowest BCUT2D eigenvalue weighted by Crippen LogP contribution is -2.27. The molecule has 0 unspecified atom stereocenters. The van der Waals surface area contributed by atoms with Gasteiger partial charge in [-0.1, -0.05) is 36.4 Å². The van der Waals surface area contributed by atoms with E-state index in [0.717, 1.165) is 25.0 Å². The first-order valence-electron chi connectivity index (χ1n) is 7.51. The summed E-state index contributed by atoms with van der Waals surface area (Å²) in [5.41, 5.74) is 5.99. The van der Waals surface area contributed by atoms with Crippen molar-refractivity contribution in [3.05, 3.63) is 65.5 Å². The van der Waals surface area contributed by atoms with E-state index in [-0.39, 0.29) is 12.4 Å². The number of nitrogens with zero attached hydrogens (tertiary/aromatic N) is 1. The number of ether oxygens (including phenoxy) is 1. The SMILES string of the molecule is O=C(COc1ccccc1F)N/N=C1/CCc2ccccc2C1. The minimum atomic E-state index is -0.490. The van der Waals surface area contributed by atoms with E-state index >= 15 is 0 Å². The van der Waals surface area contributed by atoms with E-state index in [0.29, 0.717) is 0 Å². The maximum atomic E-state index is 13.4. The zero-order valence-corrected chi connectivity index (χ0v) is 12.6. The molecule has 5 heteroatoms. The van der Waals surface area contributed by atoms with Crippen molar-refractivity contribution in [2.45, 2.75) is 19.3 Å². The summed E-state index contributed by atoms with van der Waals surface area (Å²) in [7, 11) is 0. The smallest absolute Gasteiger partial charge is 0.277 e. The van der Waals surface area contributed by atoms with E-state index in [2.05, 4.69) is 22.7 Å². The molecule has 0 saturated carbocycles. The van der Waals surface area contributed by atoms with Crippen LogP contribution in [-0.4, -0.2) is 18.2 Å². The van der Waals surface area contributed by atoms with Gasteiger partial charge >= 0.3 is 0 Å². The fourth-order valence-corrected chi connectivity index (χ4v) is 2.54. The number of amides is 1. The van der Waals surface area contributed by atoms with Crippen LogP contribution < -0.4 is 10.2 Å². The summed E-state index contributed by atoms with van der Waals surface area (Å²) >= 11 is 0. The summed E-state index contributed by atoms with van der Waals surface area (Å²) in [6.07, 6.45) is 2.49. The van der Waals surface area contributed by atoms with Crippen LogP contribution in [0.15, 0.2) is 53.6 Å². The monoisotopic (exact) mass is 312 g/mol. The lowest BCUT2D eigenvalue weighted by Gasteiger charge is -2.17. The Kier molecular flexibility index (Phi) is 4.66. The fourth-order valence-electron chi connectivity index (χ4n) is 2.54. The van der Waals surface area contributed by atoms with E-state index in [1.165, 1.54) is 23.3 Å². The van der Waals surface area contributed by atoms with Crippen molar-refractivity contribution < 1.29 is 13.9 Å². The topological polar surface area (TPSA) is 50.7 Å². The van der Waals surface area contributed by atoms with Crippen molar-refractivity contribution in [1.29, 1.82) is 0 Å². The summed E-state index contributed by atoms with van der Waals surface area (Å²) < 4.78 is 18.5. The summed E-state index contributed by atoms with van der Waals surface area (Å²) in [5.74, 6) is -0.836. The zero-order chi connectivity index (χ0) is 16.1. The average Bonchev–Trinajstić information content (AvgIpc) is 2.59. The Bertz CT molecular complexity index is 743. The lowest BCUT2D eigenvalue weighted by atomic mass is 9.90. The van der Waals surface area contributed by atoms with Gasteiger partial charge in [0.05, 0.1) is 0 Å². The molecule has 2 aromatic rings. The molecule has 0 bridgehead atoms. The largest absolute Gasteiger partial charge is 0.481 e. The molecule has 0 saturated heterocycles. The van der Waals surface area contributed by atoms with Crippen LogP contribution in [-0.2, 0) is 17.6 Å². The van der Waals surface area contributed by atoms with Crippen molar-refractivity contribution in [2.75, 3.05) is 6.61 Å². The Morgan fingerprint density at radius 3 is 2.65 bits per heavy atom. The quantitative estimate of drug-likeness (QED) is 0.883. The van der Waals surface area contributed by atoms with Crippen LogP contribution in [0.25, 0.3) is 0 Å². The lowest BCUT2D eigenvalue weighted by molar-refractivity contribution is -0.123. The molecule has 23 heavy (non-hydrogen) atoms. The third-order valence-electron chi connectivity index (χ3n) is 3.73. The summed E-state index contributed by atoms with van der Waals surface area (Å²) in [5, 5.41) is 4.16. The van der Waals surface area contributed by atoms with Crippen molar-refractivity contribution in [3.8, 4) is 5.75 Å². The molecule has 0 aliphatic heterocycles. The van der Waals surface area contributed by atoms with Crippen LogP contribution in [0.1, 0.15) is 17.5 Å². The van der Waals surface area contributed by atoms with Gasteiger partial charge in [0.15, 0.2) is 18.2 Å². The number of hydrogen-bond donors (Lipinski definition) is 1. The maximum absolute atomic E-state index is 13.4. The fraction of sp³-hybridized carbons (Fsp3) is 0.222. The van der Waals surface area contributed by atoms with Gasteiger partial charge in [-0.15, -0.1) is 0 Å². The molecule has 1 aliphatic carbocycles. The van der Waals surface area contributed by atoms with Crippen LogP contribution in [0.5, 0.6) is 5.75 Å². The second-order valence-electron chi connectivity index (χ2n) is 5.38. The van der Waals surface area contributed by atoms with Crippen molar-refractivity contribution >= 4 is 11.6 Å². The van der Waals surface area contributed by atoms with E-state index < -0.39 is 11.7 Å².